The molecule has 0 aliphatic heterocycles. The summed E-state index contributed by atoms with van der Waals surface area (Å²) in [5, 5.41) is 7.80. The second-order valence-electron chi connectivity index (χ2n) is 5.90. The number of anilines is 2. The van der Waals surface area contributed by atoms with Gasteiger partial charge in [-0.05, 0) is 32.0 Å². The Morgan fingerprint density at radius 1 is 1.11 bits per heavy atom. The molecule has 2 N–H and O–H groups in total. The van der Waals surface area contributed by atoms with Gasteiger partial charge in [-0.15, -0.1) is 11.3 Å². The van der Waals surface area contributed by atoms with E-state index in [1.807, 2.05) is 19.9 Å². The van der Waals surface area contributed by atoms with Crippen LogP contribution in [-0.4, -0.2) is 20.9 Å². The molecule has 1 amide bonds. The van der Waals surface area contributed by atoms with E-state index in [4.69, 9.17) is 0 Å². The molecule has 0 aliphatic rings. The number of amides is 1. The molecule has 140 valence electrons. The summed E-state index contributed by atoms with van der Waals surface area (Å²) in [4.78, 5) is 24.9. The van der Waals surface area contributed by atoms with Gasteiger partial charge in [-0.25, -0.2) is 23.7 Å². The first-order valence-corrected chi connectivity index (χ1v) is 9.02. The van der Waals surface area contributed by atoms with Crippen LogP contribution in [0.15, 0.2) is 29.6 Å². The van der Waals surface area contributed by atoms with Crippen molar-refractivity contribution in [2.45, 2.75) is 26.8 Å². The number of carbonyl (C=O) groups is 1. The number of carbonyl (C=O) groups excluding carboxylic acids is 1. The fraction of sp³-hybridized carbons (Fsp3) is 0.222. The van der Waals surface area contributed by atoms with Gasteiger partial charge in [0.25, 0.3) is 0 Å². The van der Waals surface area contributed by atoms with Crippen molar-refractivity contribution in [1.29, 1.82) is 0 Å². The number of nitrogens with one attached hydrogen (secondary N) is 2. The Morgan fingerprint density at radius 2 is 1.78 bits per heavy atom. The average Bonchev–Trinajstić information content (AvgIpc) is 3.00. The van der Waals surface area contributed by atoms with E-state index >= 15 is 0 Å². The van der Waals surface area contributed by atoms with Gasteiger partial charge in [0, 0.05) is 28.9 Å². The van der Waals surface area contributed by atoms with Gasteiger partial charge in [-0.1, -0.05) is 6.07 Å². The zero-order valence-electron chi connectivity index (χ0n) is 14.7. The Bertz CT molecular complexity index is 936. The number of hydrogen-bond donors (Lipinski definition) is 2. The molecule has 2 heterocycles. The first kappa shape index (κ1) is 18.8. The van der Waals surface area contributed by atoms with Crippen molar-refractivity contribution >= 4 is 28.3 Å². The van der Waals surface area contributed by atoms with Crippen molar-refractivity contribution in [2.24, 2.45) is 0 Å². The predicted molar refractivity (Wildman–Crippen MR) is 98.8 cm³/mol. The van der Waals surface area contributed by atoms with Crippen LogP contribution >= 0.6 is 11.3 Å². The topological polar surface area (TPSA) is 79.8 Å². The Labute approximate surface area is 158 Å². The lowest BCUT2D eigenvalue weighted by Gasteiger charge is -2.06. The van der Waals surface area contributed by atoms with Crippen molar-refractivity contribution in [2.75, 3.05) is 5.32 Å². The van der Waals surface area contributed by atoms with Crippen molar-refractivity contribution in [1.82, 2.24) is 20.3 Å². The first-order valence-electron chi connectivity index (χ1n) is 8.14. The molecule has 27 heavy (non-hydrogen) atoms. The van der Waals surface area contributed by atoms with Gasteiger partial charge in [0.1, 0.15) is 11.6 Å². The van der Waals surface area contributed by atoms with E-state index < -0.39 is 11.6 Å². The number of nitrogens with zero attached hydrogens (tertiary/aromatic N) is 3. The molecule has 1 aromatic carbocycles. The summed E-state index contributed by atoms with van der Waals surface area (Å²) >= 11 is 1.32. The van der Waals surface area contributed by atoms with Crippen LogP contribution in [0.5, 0.6) is 0 Å². The van der Waals surface area contributed by atoms with Crippen LogP contribution in [0.2, 0.25) is 0 Å². The molecular weight excluding hydrogens is 372 g/mol. The third-order valence-corrected chi connectivity index (χ3v) is 4.43. The molecule has 0 saturated heterocycles. The van der Waals surface area contributed by atoms with Gasteiger partial charge < -0.3 is 10.6 Å². The first-order chi connectivity index (χ1) is 12.9. The number of rotatable bonds is 6. The third-order valence-electron chi connectivity index (χ3n) is 3.62. The minimum Gasteiger partial charge on any atom is -0.351 e. The number of aromatic nitrogens is 3. The molecule has 0 saturated carbocycles. The van der Waals surface area contributed by atoms with Crippen LogP contribution in [0.1, 0.15) is 22.6 Å². The van der Waals surface area contributed by atoms with E-state index in [9.17, 15) is 13.6 Å². The maximum atomic E-state index is 13.6. The smallest absolute Gasteiger partial charge is 0.229 e. The van der Waals surface area contributed by atoms with Crippen molar-refractivity contribution in [3.8, 4) is 0 Å². The SMILES string of the molecule is Cc1cc(C)nc(Nc2nc(CC(=O)NCc3c(F)cccc3F)cs2)n1. The van der Waals surface area contributed by atoms with Gasteiger partial charge in [0.15, 0.2) is 5.13 Å². The molecule has 3 aromatic rings. The van der Waals surface area contributed by atoms with E-state index in [1.165, 1.54) is 17.4 Å². The molecule has 0 fully saturated rings. The van der Waals surface area contributed by atoms with Crippen molar-refractivity contribution in [3.63, 3.8) is 0 Å². The number of aryl methyl sites for hydroxylation is 2. The molecule has 0 bridgehead atoms. The van der Waals surface area contributed by atoms with Gasteiger partial charge in [-0.3, -0.25) is 4.79 Å². The third kappa shape index (κ3) is 5.04. The van der Waals surface area contributed by atoms with E-state index in [-0.39, 0.29) is 24.4 Å². The minimum absolute atomic E-state index is 0.00194. The van der Waals surface area contributed by atoms with Crippen LogP contribution in [0.4, 0.5) is 19.9 Å². The summed E-state index contributed by atoms with van der Waals surface area (Å²) in [7, 11) is 0. The zero-order valence-corrected chi connectivity index (χ0v) is 15.5. The highest BCUT2D eigenvalue weighted by Gasteiger charge is 2.12. The lowest BCUT2D eigenvalue weighted by molar-refractivity contribution is -0.120. The molecule has 0 atom stereocenters. The number of thiazole rings is 1. The van der Waals surface area contributed by atoms with Crippen LogP contribution in [0, 0.1) is 25.5 Å². The van der Waals surface area contributed by atoms with Gasteiger partial charge in [0.2, 0.25) is 11.9 Å². The Hall–Kier alpha value is -2.94. The van der Waals surface area contributed by atoms with Gasteiger partial charge in [0.05, 0.1) is 12.1 Å². The molecule has 0 spiro atoms. The van der Waals surface area contributed by atoms with Gasteiger partial charge in [-0.2, -0.15) is 0 Å². The fourth-order valence-corrected chi connectivity index (χ4v) is 3.14. The zero-order chi connectivity index (χ0) is 19.4. The summed E-state index contributed by atoms with van der Waals surface area (Å²) < 4.78 is 27.1. The molecule has 3 rings (SSSR count). The summed E-state index contributed by atoms with van der Waals surface area (Å²) in [5.41, 5.74) is 2.04. The second-order valence-corrected chi connectivity index (χ2v) is 6.76. The molecule has 9 heteroatoms. The monoisotopic (exact) mass is 389 g/mol. The largest absolute Gasteiger partial charge is 0.351 e. The van der Waals surface area contributed by atoms with E-state index in [1.54, 1.807) is 5.38 Å². The molecule has 0 aliphatic carbocycles. The maximum absolute atomic E-state index is 13.6. The normalized spacial score (nSPS) is 10.7. The molecular formula is C18H17F2N5OS. The molecule has 0 unspecified atom stereocenters. The maximum Gasteiger partial charge on any atom is 0.229 e. The van der Waals surface area contributed by atoms with Crippen LogP contribution in [-0.2, 0) is 17.8 Å². The predicted octanol–water partition coefficient (Wildman–Crippen LogP) is 3.43. The Balaban J connectivity index is 1.58. The average molecular weight is 389 g/mol. The van der Waals surface area contributed by atoms with E-state index in [0.29, 0.717) is 16.8 Å². The molecule has 0 radical (unpaired) electrons. The summed E-state index contributed by atoms with van der Waals surface area (Å²) in [6, 6.07) is 5.44. The minimum atomic E-state index is -0.691. The standard InChI is InChI=1S/C18H17F2N5OS/c1-10-6-11(2)23-17(22-10)25-18-24-12(9-27-18)7-16(26)21-8-13-14(19)4-3-5-15(13)20/h3-6,9H,7-8H2,1-2H3,(H,21,26)(H,22,23,24,25). The fourth-order valence-electron chi connectivity index (χ4n) is 2.44. The van der Waals surface area contributed by atoms with Crippen molar-refractivity contribution < 1.29 is 13.6 Å². The van der Waals surface area contributed by atoms with E-state index in [2.05, 4.69) is 25.6 Å². The summed E-state index contributed by atoms with van der Waals surface area (Å²) in [6.45, 7) is 3.52. The Kier molecular flexibility index (Phi) is 5.70. The van der Waals surface area contributed by atoms with Crippen LogP contribution < -0.4 is 10.6 Å². The highest BCUT2D eigenvalue weighted by molar-refractivity contribution is 7.13. The highest BCUT2D eigenvalue weighted by atomic mass is 32.1. The summed E-state index contributed by atoms with van der Waals surface area (Å²) in [5.74, 6) is -1.32. The number of halogens is 2. The second kappa shape index (κ2) is 8.17. The Morgan fingerprint density at radius 3 is 2.44 bits per heavy atom. The molecule has 2 aromatic heterocycles. The quantitative estimate of drug-likeness (QED) is 0.675. The highest BCUT2D eigenvalue weighted by Crippen LogP contribution is 2.19. The summed E-state index contributed by atoms with van der Waals surface area (Å²) in [6.07, 6.45) is 0.00194. The lowest BCUT2D eigenvalue weighted by atomic mass is 10.2. The van der Waals surface area contributed by atoms with E-state index in [0.717, 1.165) is 23.5 Å². The number of benzene rings is 1. The molecule has 6 nitrogen and oxygen atoms in total. The van der Waals surface area contributed by atoms with Gasteiger partial charge >= 0.3 is 0 Å². The van der Waals surface area contributed by atoms with Crippen LogP contribution in [0.3, 0.4) is 0 Å². The number of hydrogen-bond acceptors (Lipinski definition) is 6. The lowest BCUT2D eigenvalue weighted by Crippen LogP contribution is -2.25. The van der Waals surface area contributed by atoms with Crippen LogP contribution in [0.25, 0.3) is 0 Å². The van der Waals surface area contributed by atoms with Crippen molar-refractivity contribution in [3.05, 3.63) is 63.9 Å².